The van der Waals surface area contributed by atoms with Crippen molar-refractivity contribution in [1.29, 1.82) is 5.26 Å². The zero-order valence-corrected chi connectivity index (χ0v) is 11.8. The average Bonchev–Trinajstić information content (AvgIpc) is 2.42. The lowest BCUT2D eigenvalue weighted by atomic mass is 10.1. The molecule has 0 saturated carbocycles. The molecule has 19 heavy (non-hydrogen) atoms. The Morgan fingerprint density at radius 3 is 2.68 bits per heavy atom. The van der Waals surface area contributed by atoms with E-state index in [0.717, 1.165) is 11.1 Å². The largest absolute Gasteiger partial charge is 0.239 e. The van der Waals surface area contributed by atoms with Gasteiger partial charge >= 0.3 is 0 Å². The topological polar surface area (TPSA) is 60.9 Å². The molecule has 4 nitrogen and oxygen atoms in total. The van der Waals surface area contributed by atoms with E-state index in [1.165, 1.54) is 0 Å². The van der Waals surface area contributed by atoms with Crippen molar-refractivity contribution in [3.8, 4) is 6.07 Å². The number of allylic oxidation sites excluding steroid dienone is 1. The van der Waals surface area contributed by atoms with Crippen LogP contribution in [0, 0.1) is 17.2 Å². The van der Waals surface area contributed by atoms with E-state index in [1.807, 2.05) is 39.0 Å². The standard InChI is InChI=1S/C15H18N4/c1-11(2)15(19-17-4)18-10-12(3)14-7-5-6-13(8-14)9-16/h5-8,10-11H,1-4H3/b12-10+,18-15?,19-17?. The monoisotopic (exact) mass is 254 g/mol. The SMILES string of the molecule is CN=NC(=N/C=C(\C)c1cccc(C#N)c1)C(C)C. The van der Waals surface area contributed by atoms with Crippen LogP contribution in [0.25, 0.3) is 5.57 Å². The van der Waals surface area contributed by atoms with Gasteiger partial charge in [-0.05, 0) is 30.2 Å². The number of rotatable bonds is 3. The van der Waals surface area contributed by atoms with Crippen LogP contribution in [-0.4, -0.2) is 12.9 Å². The van der Waals surface area contributed by atoms with Crippen molar-refractivity contribution in [3.05, 3.63) is 41.6 Å². The van der Waals surface area contributed by atoms with Crippen LogP contribution >= 0.6 is 0 Å². The van der Waals surface area contributed by atoms with Crippen LogP contribution in [0.1, 0.15) is 31.9 Å². The second kappa shape index (κ2) is 7.22. The molecular weight excluding hydrogens is 236 g/mol. The summed E-state index contributed by atoms with van der Waals surface area (Å²) in [5.74, 6) is 0.913. The second-order valence-corrected chi connectivity index (χ2v) is 4.45. The maximum absolute atomic E-state index is 8.88. The van der Waals surface area contributed by atoms with Crippen LogP contribution in [0.4, 0.5) is 0 Å². The molecule has 0 aliphatic carbocycles. The zero-order valence-electron chi connectivity index (χ0n) is 11.8. The van der Waals surface area contributed by atoms with Gasteiger partial charge < -0.3 is 0 Å². The number of azo groups is 1. The smallest absolute Gasteiger partial charge is 0.152 e. The summed E-state index contributed by atoms with van der Waals surface area (Å²) in [6.45, 7) is 6.00. The third kappa shape index (κ3) is 4.47. The Labute approximate surface area is 114 Å². The van der Waals surface area contributed by atoms with E-state index >= 15 is 0 Å². The Kier molecular flexibility index (Phi) is 5.62. The summed E-state index contributed by atoms with van der Waals surface area (Å²) in [4.78, 5) is 4.36. The summed E-state index contributed by atoms with van der Waals surface area (Å²) >= 11 is 0. The van der Waals surface area contributed by atoms with Crippen molar-refractivity contribution in [3.63, 3.8) is 0 Å². The molecule has 98 valence electrons. The molecule has 0 saturated heterocycles. The Morgan fingerprint density at radius 2 is 2.11 bits per heavy atom. The van der Waals surface area contributed by atoms with Crippen molar-refractivity contribution < 1.29 is 0 Å². The highest BCUT2D eigenvalue weighted by Crippen LogP contribution is 2.15. The van der Waals surface area contributed by atoms with Gasteiger partial charge in [-0.3, -0.25) is 0 Å². The maximum atomic E-state index is 8.88. The van der Waals surface area contributed by atoms with Gasteiger partial charge in [0.1, 0.15) is 0 Å². The van der Waals surface area contributed by atoms with E-state index in [1.54, 1.807) is 19.3 Å². The molecule has 0 bridgehead atoms. The molecule has 4 heteroatoms. The van der Waals surface area contributed by atoms with Gasteiger partial charge in [-0.1, -0.05) is 26.0 Å². The van der Waals surface area contributed by atoms with Gasteiger partial charge in [-0.2, -0.15) is 10.4 Å². The molecule has 0 N–H and O–H groups in total. The molecule has 0 atom stereocenters. The average molecular weight is 254 g/mol. The molecule has 0 aliphatic heterocycles. The molecule has 1 rings (SSSR count). The van der Waals surface area contributed by atoms with Crippen LogP contribution in [0.3, 0.4) is 0 Å². The Balaban J connectivity index is 3.04. The lowest BCUT2D eigenvalue weighted by Crippen LogP contribution is -2.02. The predicted octanol–water partition coefficient (Wildman–Crippen LogP) is 4.06. The number of hydrogen-bond acceptors (Lipinski definition) is 3. The molecule has 0 aliphatic rings. The Bertz CT molecular complexity index is 560. The molecule has 1 aromatic rings. The number of benzene rings is 1. The first-order valence-corrected chi connectivity index (χ1v) is 6.13. The van der Waals surface area contributed by atoms with E-state index in [4.69, 9.17) is 5.26 Å². The minimum atomic E-state index is 0.221. The molecule has 0 unspecified atom stereocenters. The highest BCUT2D eigenvalue weighted by molar-refractivity contribution is 5.85. The first kappa shape index (κ1) is 14.8. The first-order chi connectivity index (χ1) is 9.08. The maximum Gasteiger partial charge on any atom is 0.152 e. The second-order valence-electron chi connectivity index (χ2n) is 4.45. The highest BCUT2D eigenvalue weighted by Gasteiger charge is 2.02. The van der Waals surface area contributed by atoms with Gasteiger partial charge in [0.2, 0.25) is 0 Å². The minimum Gasteiger partial charge on any atom is -0.239 e. The van der Waals surface area contributed by atoms with Gasteiger partial charge in [-0.15, -0.1) is 5.11 Å². The van der Waals surface area contributed by atoms with Crippen LogP contribution in [0.2, 0.25) is 0 Å². The summed E-state index contributed by atoms with van der Waals surface area (Å²) < 4.78 is 0. The lowest BCUT2D eigenvalue weighted by Gasteiger charge is -2.03. The van der Waals surface area contributed by atoms with E-state index in [2.05, 4.69) is 21.3 Å². The zero-order chi connectivity index (χ0) is 14.3. The fourth-order valence-electron chi connectivity index (χ4n) is 1.46. The van der Waals surface area contributed by atoms with E-state index < -0.39 is 0 Å². The van der Waals surface area contributed by atoms with E-state index in [0.29, 0.717) is 11.4 Å². The number of aliphatic imine (C=N–C) groups is 1. The van der Waals surface area contributed by atoms with Gasteiger partial charge in [0.25, 0.3) is 0 Å². The highest BCUT2D eigenvalue weighted by atomic mass is 15.1. The van der Waals surface area contributed by atoms with Crippen LogP contribution in [0.15, 0.2) is 45.7 Å². The molecule has 1 aromatic carbocycles. The van der Waals surface area contributed by atoms with Gasteiger partial charge in [0.15, 0.2) is 5.84 Å². The summed E-state index contributed by atoms with van der Waals surface area (Å²) in [6, 6.07) is 9.58. The molecule has 0 aromatic heterocycles. The van der Waals surface area contributed by atoms with Crippen molar-refractivity contribution >= 4 is 11.4 Å². The van der Waals surface area contributed by atoms with Gasteiger partial charge in [-0.25, -0.2) is 4.99 Å². The number of amidine groups is 1. The van der Waals surface area contributed by atoms with Gasteiger partial charge in [0, 0.05) is 19.2 Å². The van der Waals surface area contributed by atoms with Crippen LogP contribution < -0.4 is 0 Å². The summed E-state index contributed by atoms with van der Waals surface area (Å²) in [7, 11) is 1.63. The normalized spacial score (nSPS) is 13.1. The molecular formula is C15H18N4. The number of nitrogens with zero attached hydrogens (tertiary/aromatic N) is 4. The summed E-state index contributed by atoms with van der Waals surface area (Å²) in [5, 5.41) is 16.6. The fraction of sp³-hybridized carbons (Fsp3) is 0.333. The van der Waals surface area contributed by atoms with Crippen LogP contribution in [0.5, 0.6) is 0 Å². The third-order valence-corrected chi connectivity index (χ3v) is 2.56. The molecule has 0 fully saturated rings. The van der Waals surface area contributed by atoms with Crippen molar-refractivity contribution in [2.24, 2.45) is 21.1 Å². The molecule has 0 heterocycles. The Morgan fingerprint density at radius 1 is 1.37 bits per heavy atom. The quantitative estimate of drug-likeness (QED) is 0.456. The van der Waals surface area contributed by atoms with Crippen molar-refractivity contribution in [2.75, 3.05) is 7.05 Å². The van der Waals surface area contributed by atoms with Crippen molar-refractivity contribution in [1.82, 2.24) is 0 Å². The van der Waals surface area contributed by atoms with Gasteiger partial charge in [0.05, 0.1) is 11.6 Å². The van der Waals surface area contributed by atoms with Crippen molar-refractivity contribution in [2.45, 2.75) is 20.8 Å². The molecule has 0 spiro atoms. The summed E-state index contributed by atoms with van der Waals surface area (Å²) in [6.07, 6.45) is 1.76. The number of nitriles is 1. The lowest BCUT2D eigenvalue weighted by molar-refractivity contribution is 0.860. The number of hydrogen-bond donors (Lipinski definition) is 0. The predicted molar refractivity (Wildman–Crippen MR) is 77.9 cm³/mol. The summed E-state index contributed by atoms with van der Waals surface area (Å²) in [5.41, 5.74) is 2.62. The molecule has 0 radical (unpaired) electrons. The first-order valence-electron chi connectivity index (χ1n) is 6.13. The van der Waals surface area contributed by atoms with E-state index in [9.17, 15) is 0 Å². The van der Waals surface area contributed by atoms with E-state index in [-0.39, 0.29) is 5.92 Å². The minimum absolute atomic E-state index is 0.221. The Hall–Kier alpha value is -2.28. The molecule has 0 amide bonds. The third-order valence-electron chi connectivity index (χ3n) is 2.56. The fourth-order valence-corrected chi connectivity index (χ4v) is 1.46. The van der Waals surface area contributed by atoms with Crippen LogP contribution in [-0.2, 0) is 0 Å².